The van der Waals surface area contributed by atoms with Gasteiger partial charge < -0.3 is 9.80 Å². The van der Waals surface area contributed by atoms with Crippen LogP contribution in [-0.4, -0.2) is 43.0 Å². The Bertz CT molecular complexity index is 256. The third-order valence-electron chi connectivity index (χ3n) is 3.49. The topological polar surface area (TPSA) is 6.48 Å². The minimum atomic E-state index is 0.832. The lowest BCUT2D eigenvalue weighted by molar-refractivity contribution is 0.268. The highest BCUT2D eigenvalue weighted by Crippen LogP contribution is 2.06. The van der Waals surface area contributed by atoms with E-state index in [1.165, 1.54) is 38.9 Å². The van der Waals surface area contributed by atoms with Gasteiger partial charge in [0.25, 0.3) is 0 Å². The van der Waals surface area contributed by atoms with Crippen molar-refractivity contribution in [3.05, 3.63) is 24.4 Å². The van der Waals surface area contributed by atoms with E-state index in [2.05, 4.69) is 69.0 Å². The van der Waals surface area contributed by atoms with E-state index in [-0.39, 0.29) is 0 Å². The fourth-order valence-electron chi connectivity index (χ4n) is 2.11. The molecule has 0 aliphatic rings. The third kappa shape index (κ3) is 12.3. The summed E-state index contributed by atoms with van der Waals surface area (Å²) in [6, 6.07) is 0. The van der Waals surface area contributed by atoms with Gasteiger partial charge in [0.05, 0.1) is 0 Å². The molecule has 2 nitrogen and oxygen atoms in total. The van der Waals surface area contributed by atoms with E-state index in [4.69, 9.17) is 0 Å². The monoisotopic (exact) mass is 280 g/mol. The zero-order valence-corrected chi connectivity index (χ0v) is 14.4. The second-order valence-electron chi connectivity index (χ2n) is 6.01. The third-order valence-corrected chi connectivity index (χ3v) is 3.49. The first-order valence-electron chi connectivity index (χ1n) is 8.36. The first kappa shape index (κ1) is 19.2. The minimum Gasteiger partial charge on any atom is -0.381 e. The molecule has 0 heterocycles. The smallest absolute Gasteiger partial charge is 0.0140 e. The van der Waals surface area contributed by atoms with Crippen molar-refractivity contribution in [2.24, 2.45) is 5.92 Å². The Balaban J connectivity index is 3.84. The summed E-state index contributed by atoms with van der Waals surface area (Å²) in [6.45, 7) is 13.8. The summed E-state index contributed by atoms with van der Waals surface area (Å²) >= 11 is 0. The van der Waals surface area contributed by atoms with E-state index in [0.717, 1.165) is 18.9 Å². The largest absolute Gasteiger partial charge is 0.381 e. The molecule has 0 unspecified atom stereocenters. The molecule has 0 radical (unpaired) electrons. The van der Waals surface area contributed by atoms with Gasteiger partial charge in [0, 0.05) is 20.1 Å². The van der Waals surface area contributed by atoms with E-state index in [1.807, 2.05) is 0 Å². The standard InChI is InChI=1S/C18H36N2/c1-6-14-20(17-12-13-18(3)4)16-11-9-8-10-15-19(5)7-2/h8-10,15,18H,6-7,11-14,16-17H2,1-5H3/b9-8-,15-10-. The molecule has 0 spiro atoms. The van der Waals surface area contributed by atoms with Gasteiger partial charge >= 0.3 is 0 Å². The zero-order valence-electron chi connectivity index (χ0n) is 14.4. The Morgan fingerprint density at radius 1 is 1.00 bits per heavy atom. The van der Waals surface area contributed by atoms with Gasteiger partial charge in [-0.05, 0) is 63.9 Å². The van der Waals surface area contributed by atoms with Gasteiger partial charge in [0.1, 0.15) is 0 Å². The van der Waals surface area contributed by atoms with E-state index >= 15 is 0 Å². The van der Waals surface area contributed by atoms with Gasteiger partial charge in [-0.2, -0.15) is 0 Å². The molecule has 0 aromatic rings. The van der Waals surface area contributed by atoms with Gasteiger partial charge in [-0.15, -0.1) is 0 Å². The highest BCUT2D eigenvalue weighted by Gasteiger charge is 2.03. The normalized spacial score (nSPS) is 12.3. The van der Waals surface area contributed by atoms with Crippen molar-refractivity contribution in [1.82, 2.24) is 9.80 Å². The van der Waals surface area contributed by atoms with Crippen molar-refractivity contribution in [2.45, 2.75) is 53.4 Å². The molecule has 0 bridgehead atoms. The summed E-state index contributed by atoms with van der Waals surface area (Å²) in [6.07, 6.45) is 13.8. The molecule has 2 heteroatoms. The summed E-state index contributed by atoms with van der Waals surface area (Å²) in [5.74, 6) is 0.832. The molecule has 0 aromatic heterocycles. The molecule has 0 aliphatic heterocycles. The molecule has 0 aromatic carbocycles. The van der Waals surface area contributed by atoms with Crippen LogP contribution in [0.4, 0.5) is 0 Å². The Hall–Kier alpha value is -0.760. The zero-order chi connectivity index (χ0) is 15.2. The Labute approximate surface area is 127 Å². The van der Waals surface area contributed by atoms with Crippen LogP contribution in [0.2, 0.25) is 0 Å². The first-order chi connectivity index (χ1) is 9.60. The fourth-order valence-corrected chi connectivity index (χ4v) is 2.11. The van der Waals surface area contributed by atoms with Crippen LogP contribution in [0.25, 0.3) is 0 Å². The van der Waals surface area contributed by atoms with Gasteiger partial charge in [-0.1, -0.05) is 32.9 Å². The van der Waals surface area contributed by atoms with Gasteiger partial charge in [-0.25, -0.2) is 0 Å². The van der Waals surface area contributed by atoms with E-state index in [9.17, 15) is 0 Å². The molecule has 0 N–H and O–H groups in total. The maximum Gasteiger partial charge on any atom is 0.0140 e. The SMILES string of the molecule is CCCN(CC/C=C\C=C/N(C)CC)CCCC(C)C. The molecule has 0 atom stereocenters. The van der Waals surface area contributed by atoms with E-state index < -0.39 is 0 Å². The second kappa shape index (κ2) is 13.2. The van der Waals surface area contributed by atoms with Crippen molar-refractivity contribution in [3.8, 4) is 0 Å². The van der Waals surface area contributed by atoms with Crippen molar-refractivity contribution in [1.29, 1.82) is 0 Å². The number of allylic oxidation sites excluding steroid dienone is 2. The maximum absolute atomic E-state index is 2.61. The molecular weight excluding hydrogens is 244 g/mol. The van der Waals surface area contributed by atoms with Gasteiger partial charge in [0.2, 0.25) is 0 Å². The first-order valence-corrected chi connectivity index (χ1v) is 8.36. The van der Waals surface area contributed by atoms with Gasteiger partial charge in [-0.3, -0.25) is 0 Å². The predicted octanol–water partition coefficient (Wildman–Crippen LogP) is 4.55. The highest BCUT2D eigenvalue weighted by atomic mass is 15.1. The molecule has 0 saturated heterocycles. The molecule has 0 amide bonds. The highest BCUT2D eigenvalue weighted by molar-refractivity contribution is 5.01. The van der Waals surface area contributed by atoms with Crippen LogP contribution in [0.3, 0.4) is 0 Å². The quantitative estimate of drug-likeness (QED) is 0.484. The molecule has 0 rings (SSSR count). The van der Waals surface area contributed by atoms with Crippen LogP contribution in [0.1, 0.15) is 53.4 Å². The molecule has 118 valence electrons. The molecular formula is C18H36N2. The van der Waals surface area contributed by atoms with Crippen molar-refractivity contribution in [2.75, 3.05) is 33.2 Å². The Morgan fingerprint density at radius 3 is 2.35 bits per heavy atom. The predicted molar refractivity (Wildman–Crippen MR) is 92.0 cm³/mol. The van der Waals surface area contributed by atoms with Gasteiger partial charge in [0.15, 0.2) is 0 Å². The average molecular weight is 280 g/mol. The molecule has 20 heavy (non-hydrogen) atoms. The van der Waals surface area contributed by atoms with E-state index in [1.54, 1.807) is 0 Å². The summed E-state index contributed by atoms with van der Waals surface area (Å²) in [5, 5.41) is 0. The fraction of sp³-hybridized carbons (Fsp3) is 0.778. The van der Waals surface area contributed by atoms with Crippen molar-refractivity contribution < 1.29 is 0 Å². The van der Waals surface area contributed by atoms with Crippen LogP contribution in [0.5, 0.6) is 0 Å². The number of nitrogens with zero attached hydrogens (tertiary/aromatic N) is 2. The second-order valence-corrected chi connectivity index (χ2v) is 6.01. The van der Waals surface area contributed by atoms with Crippen molar-refractivity contribution in [3.63, 3.8) is 0 Å². The number of rotatable bonds is 12. The lowest BCUT2D eigenvalue weighted by Crippen LogP contribution is -2.26. The average Bonchev–Trinajstić information content (AvgIpc) is 2.41. The summed E-state index contributed by atoms with van der Waals surface area (Å²) < 4.78 is 0. The molecule has 0 aliphatic carbocycles. The Kier molecular flexibility index (Phi) is 12.7. The number of hydrogen-bond donors (Lipinski definition) is 0. The van der Waals surface area contributed by atoms with Crippen molar-refractivity contribution >= 4 is 0 Å². The summed E-state index contributed by atoms with van der Waals surface area (Å²) in [7, 11) is 2.10. The maximum atomic E-state index is 2.61. The lowest BCUT2D eigenvalue weighted by Gasteiger charge is -2.21. The lowest BCUT2D eigenvalue weighted by atomic mass is 10.1. The molecule has 0 fully saturated rings. The Morgan fingerprint density at radius 2 is 1.75 bits per heavy atom. The summed E-state index contributed by atoms with van der Waals surface area (Å²) in [4.78, 5) is 4.79. The van der Waals surface area contributed by atoms with Crippen LogP contribution < -0.4 is 0 Å². The van der Waals surface area contributed by atoms with Crippen LogP contribution >= 0.6 is 0 Å². The van der Waals surface area contributed by atoms with Crippen LogP contribution in [0, 0.1) is 5.92 Å². The number of hydrogen-bond acceptors (Lipinski definition) is 2. The minimum absolute atomic E-state index is 0.832. The van der Waals surface area contributed by atoms with Crippen LogP contribution in [-0.2, 0) is 0 Å². The molecule has 0 saturated carbocycles. The van der Waals surface area contributed by atoms with Crippen LogP contribution in [0.15, 0.2) is 24.4 Å². The van der Waals surface area contributed by atoms with E-state index in [0.29, 0.717) is 0 Å². The summed E-state index contributed by atoms with van der Waals surface area (Å²) in [5.41, 5.74) is 0.